The average molecular weight is 224 g/mol. The van der Waals surface area contributed by atoms with Crippen molar-refractivity contribution >= 4 is 11.6 Å². The fourth-order valence-electron chi connectivity index (χ4n) is 2.55. The van der Waals surface area contributed by atoms with E-state index in [0.29, 0.717) is 18.6 Å². The molecule has 0 aromatic carbocycles. The zero-order valence-corrected chi connectivity index (χ0v) is 11.1. The van der Waals surface area contributed by atoms with E-state index in [4.69, 9.17) is 0 Å². The first-order valence-corrected chi connectivity index (χ1v) is 6.28. The summed E-state index contributed by atoms with van der Waals surface area (Å²) < 4.78 is 0. The molecule has 0 heterocycles. The van der Waals surface area contributed by atoms with E-state index in [1.807, 2.05) is 6.92 Å². The van der Waals surface area contributed by atoms with Gasteiger partial charge in [0.15, 0.2) is 0 Å². The monoisotopic (exact) mass is 224 g/mol. The highest BCUT2D eigenvalue weighted by molar-refractivity contribution is 5.86. The second-order valence-electron chi connectivity index (χ2n) is 6.38. The van der Waals surface area contributed by atoms with E-state index in [-0.39, 0.29) is 16.6 Å². The molecule has 0 amide bonds. The van der Waals surface area contributed by atoms with Crippen molar-refractivity contribution in [2.75, 3.05) is 0 Å². The van der Waals surface area contributed by atoms with Crippen LogP contribution in [-0.4, -0.2) is 11.6 Å². The van der Waals surface area contributed by atoms with Crippen molar-refractivity contribution in [2.24, 2.45) is 10.8 Å². The minimum atomic E-state index is -0.251. The van der Waals surface area contributed by atoms with Gasteiger partial charge in [0.25, 0.3) is 0 Å². The van der Waals surface area contributed by atoms with Gasteiger partial charge in [-0.25, -0.2) is 0 Å². The maximum absolute atomic E-state index is 12.3. The van der Waals surface area contributed by atoms with E-state index < -0.39 is 0 Å². The molecule has 1 atom stereocenters. The lowest BCUT2D eigenvalue weighted by Gasteiger charge is -2.27. The van der Waals surface area contributed by atoms with Crippen LogP contribution in [0.5, 0.6) is 0 Å². The first kappa shape index (κ1) is 13.4. The Kier molecular flexibility index (Phi) is 3.92. The van der Waals surface area contributed by atoms with Crippen molar-refractivity contribution in [1.29, 1.82) is 0 Å². The number of Topliss-reactive ketones (excluding diaryl/α,β-unsaturated/α-hetero) is 2. The Balaban J connectivity index is 2.71. The molecule has 16 heavy (non-hydrogen) atoms. The quantitative estimate of drug-likeness (QED) is 0.687. The first-order valence-electron chi connectivity index (χ1n) is 6.28. The number of rotatable bonds is 3. The molecule has 0 saturated heterocycles. The van der Waals surface area contributed by atoms with Gasteiger partial charge in [0, 0.05) is 18.3 Å². The molecule has 0 spiro atoms. The van der Waals surface area contributed by atoms with Gasteiger partial charge in [0.1, 0.15) is 11.6 Å². The summed E-state index contributed by atoms with van der Waals surface area (Å²) in [4.78, 5) is 23.3. The molecular formula is C14H24O2. The Hall–Kier alpha value is -0.660. The van der Waals surface area contributed by atoms with E-state index in [9.17, 15) is 9.59 Å². The van der Waals surface area contributed by atoms with Gasteiger partial charge in [-0.2, -0.15) is 0 Å². The minimum absolute atomic E-state index is 0.144. The average Bonchev–Trinajstić information content (AvgIpc) is 2.22. The normalized spacial score (nSPS) is 29.9. The zero-order chi connectivity index (χ0) is 12.4. The Labute approximate surface area is 98.8 Å². The molecule has 0 bridgehead atoms. The molecule has 0 aromatic heterocycles. The number of hydrogen-bond acceptors (Lipinski definition) is 2. The lowest BCUT2D eigenvalue weighted by molar-refractivity contribution is -0.130. The maximum atomic E-state index is 12.3. The topological polar surface area (TPSA) is 34.1 Å². The van der Waals surface area contributed by atoms with E-state index in [1.54, 1.807) is 6.92 Å². The van der Waals surface area contributed by atoms with Gasteiger partial charge in [-0.1, -0.05) is 27.2 Å². The highest BCUT2D eigenvalue weighted by Crippen LogP contribution is 2.42. The highest BCUT2D eigenvalue weighted by atomic mass is 16.1. The Morgan fingerprint density at radius 2 is 1.88 bits per heavy atom. The van der Waals surface area contributed by atoms with Crippen LogP contribution in [-0.2, 0) is 9.59 Å². The Bertz CT molecular complexity index is 291. The molecule has 1 aliphatic carbocycles. The number of carbonyl (C=O) groups is 2. The lowest BCUT2D eigenvalue weighted by Crippen LogP contribution is -2.29. The molecule has 1 aliphatic rings. The van der Waals surface area contributed by atoms with Crippen molar-refractivity contribution in [3.8, 4) is 0 Å². The van der Waals surface area contributed by atoms with Gasteiger partial charge in [-0.05, 0) is 31.6 Å². The van der Waals surface area contributed by atoms with Crippen LogP contribution in [0.15, 0.2) is 0 Å². The van der Waals surface area contributed by atoms with E-state index >= 15 is 0 Å². The van der Waals surface area contributed by atoms with E-state index in [1.165, 1.54) is 0 Å². The van der Waals surface area contributed by atoms with Crippen LogP contribution in [0.1, 0.15) is 66.2 Å². The minimum Gasteiger partial charge on any atom is -0.300 e. The summed E-state index contributed by atoms with van der Waals surface area (Å²) in [7, 11) is 0. The highest BCUT2D eigenvalue weighted by Gasteiger charge is 2.38. The molecule has 2 nitrogen and oxygen atoms in total. The number of carbonyl (C=O) groups excluding carboxylic acids is 2. The van der Waals surface area contributed by atoms with E-state index in [0.717, 1.165) is 25.7 Å². The molecule has 0 N–H and O–H groups in total. The van der Waals surface area contributed by atoms with Crippen LogP contribution in [0.4, 0.5) is 0 Å². The van der Waals surface area contributed by atoms with Gasteiger partial charge in [0.05, 0.1) is 0 Å². The van der Waals surface area contributed by atoms with Crippen LogP contribution >= 0.6 is 0 Å². The van der Waals surface area contributed by atoms with Crippen LogP contribution in [0.25, 0.3) is 0 Å². The third-order valence-corrected chi connectivity index (χ3v) is 3.92. The summed E-state index contributed by atoms with van der Waals surface area (Å²) in [6.07, 6.45) is 5.12. The van der Waals surface area contributed by atoms with Crippen LogP contribution in [0.3, 0.4) is 0 Å². The predicted octanol–water partition coefficient (Wildman–Crippen LogP) is 3.53. The van der Waals surface area contributed by atoms with Gasteiger partial charge in [-0.3, -0.25) is 4.79 Å². The Morgan fingerprint density at radius 3 is 2.44 bits per heavy atom. The van der Waals surface area contributed by atoms with Crippen molar-refractivity contribution in [1.82, 2.24) is 0 Å². The summed E-state index contributed by atoms with van der Waals surface area (Å²) in [5.41, 5.74) is -0.107. The molecule has 0 aliphatic heterocycles. The molecule has 1 fully saturated rings. The second kappa shape index (κ2) is 4.68. The molecule has 0 unspecified atom stereocenters. The third kappa shape index (κ3) is 3.43. The molecular weight excluding hydrogens is 200 g/mol. The third-order valence-electron chi connectivity index (χ3n) is 3.92. The van der Waals surface area contributed by atoms with Gasteiger partial charge >= 0.3 is 0 Å². The second-order valence-corrected chi connectivity index (χ2v) is 6.38. The van der Waals surface area contributed by atoms with Crippen LogP contribution in [0.2, 0.25) is 0 Å². The first-order chi connectivity index (χ1) is 7.25. The summed E-state index contributed by atoms with van der Waals surface area (Å²) in [5, 5.41) is 0. The van der Waals surface area contributed by atoms with Crippen molar-refractivity contribution < 1.29 is 9.59 Å². The molecule has 92 valence electrons. The fourth-order valence-corrected chi connectivity index (χ4v) is 2.55. The zero-order valence-electron chi connectivity index (χ0n) is 11.1. The maximum Gasteiger partial charge on any atom is 0.139 e. The van der Waals surface area contributed by atoms with Gasteiger partial charge < -0.3 is 4.79 Å². The predicted molar refractivity (Wildman–Crippen MR) is 65.3 cm³/mol. The Morgan fingerprint density at radius 1 is 1.25 bits per heavy atom. The number of hydrogen-bond donors (Lipinski definition) is 0. The molecule has 2 heteroatoms. The van der Waals surface area contributed by atoms with Crippen LogP contribution in [0, 0.1) is 10.8 Å². The summed E-state index contributed by atoms with van der Waals surface area (Å²) >= 11 is 0. The summed E-state index contributed by atoms with van der Waals surface area (Å²) in [6, 6.07) is 0. The van der Waals surface area contributed by atoms with E-state index in [2.05, 4.69) is 13.8 Å². The van der Waals surface area contributed by atoms with Crippen molar-refractivity contribution in [2.45, 2.75) is 66.2 Å². The summed E-state index contributed by atoms with van der Waals surface area (Å²) in [5.74, 6) is 0.550. The van der Waals surface area contributed by atoms with Gasteiger partial charge in [-0.15, -0.1) is 0 Å². The molecule has 0 aromatic rings. The smallest absolute Gasteiger partial charge is 0.139 e. The van der Waals surface area contributed by atoms with Crippen molar-refractivity contribution in [3.63, 3.8) is 0 Å². The molecule has 1 rings (SSSR count). The fraction of sp³-hybridized carbons (Fsp3) is 0.857. The molecule has 0 radical (unpaired) electrons. The van der Waals surface area contributed by atoms with Gasteiger partial charge in [0.2, 0.25) is 0 Å². The standard InChI is InChI=1S/C14H24O2/c1-11(15)6-9-14(4)8-5-7-13(2,3)10-12(14)16/h5-10H2,1-4H3/t14-/m1/s1. The van der Waals surface area contributed by atoms with Crippen LogP contribution < -0.4 is 0 Å². The summed E-state index contributed by atoms with van der Waals surface area (Å²) in [6.45, 7) is 7.98. The largest absolute Gasteiger partial charge is 0.300 e. The SMILES string of the molecule is CC(=O)CC[C@@]1(C)CCCC(C)(C)CC1=O. The number of ketones is 2. The lowest BCUT2D eigenvalue weighted by atomic mass is 9.75. The van der Waals surface area contributed by atoms with Crippen molar-refractivity contribution in [3.05, 3.63) is 0 Å². The molecule has 1 saturated carbocycles.